The van der Waals surface area contributed by atoms with Crippen LogP contribution in [0.4, 0.5) is 10.1 Å². The summed E-state index contributed by atoms with van der Waals surface area (Å²) in [7, 11) is 0. The zero-order valence-corrected chi connectivity index (χ0v) is 17.0. The van der Waals surface area contributed by atoms with Gasteiger partial charge in [-0.2, -0.15) is 5.11 Å². The highest BCUT2D eigenvalue weighted by Crippen LogP contribution is 2.34. The van der Waals surface area contributed by atoms with Gasteiger partial charge in [-0.25, -0.2) is 4.39 Å². The Morgan fingerprint density at radius 1 is 1.00 bits per heavy atom. The van der Waals surface area contributed by atoms with Gasteiger partial charge in [-0.05, 0) is 37.3 Å². The summed E-state index contributed by atoms with van der Waals surface area (Å²) in [6, 6.07) is 20.1. The Balaban J connectivity index is 1.69. The molecule has 5 aromatic rings. The Morgan fingerprint density at radius 2 is 1.75 bits per heavy atom. The number of allylic oxidation sites excluding steroid dienone is 2. The van der Waals surface area contributed by atoms with Crippen LogP contribution in [0.1, 0.15) is 17.3 Å². The highest BCUT2D eigenvalue weighted by molar-refractivity contribution is 6.05. The third-order valence-corrected chi connectivity index (χ3v) is 5.22. The van der Waals surface area contributed by atoms with Crippen LogP contribution in [-0.4, -0.2) is 15.2 Å². The van der Waals surface area contributed by atoms with E-state index in [1.54, 1.807) is 55.5 Å². The van der Waals surface area contributed by atoms with Gasteiger partial charge in [0.1, 0.15) is 17.2 Å². The van der Waals surface area contributed by atoms with E-state index in [1.165, 1.54) is 22.6 Å². The quantitative estimate of drug-likeness (QED) is 0.220. The fourth-order valence-corrected chi connectivity index (χ4v) is 3.73. The molecule has 0 aliphatic carbocycles. The van der Waals surface area contributed by atoms with Crippen LogP contribution < -0.4 is 5.56 Å². The van der Waals surface area contributed by atoms with Crippen molar-refractivity contribution < 1.29 is 9.18 Å². The van der Waals surface area contributed by atoms with Crippen LogP contribution in [-0.2, 0) is 0 Å². The highest BCUT2D eigenvalue weighted by Gasteiger charge is 2.17. The molecule has 0 aliphatic rings. The number of carbonyl (C=O) groups excluding carboxylic acids is 1. The van der Waals surface area contributed by atoms with Crippen molar-refractivity contribution in [3.8, 4) is 0 Å². The van der Waals surface area contributed by atoms with Crippen molar-refractivity contribution in [1.82, 2.24) is 9.38 Å². The Labute approximate surface area is 181 Å². The summed E-state index contributed by atoms with van der Waals surface area (Å²) in [5, 5.41) is 9.44. The van der Waals surface area contributed by atoms with Gasteiger partial charge in [0.15, 0.2) is 5.78 Å². The molecule has 7 heteroatoms. The van der Waals surface area contributed by atoms with Crippen molar-refractivity contribution >= 4 is 38.9 Å². The molecule has 3 aromatic carbocycles. The molecule has 1 N–H and O–H groups in total. The molecule has 32 heavy (non-hydrogen) atoms. The van der Waals surface area contributed by atoms with Gasteiger partial charge in [0.25, 0.3) is 5.56 Å². The molecule has 0 atom stereocenters. The fourth-order valence-electron chi connectivity index (χ4n) is 3.73. The van der Waals surface area contributed by atoms with Crippen molar-refractivity contribution in [3.05, 3.63) is 106 Å². The zero-order valence-electron chi connectivity index (χ0n) is 17.0. The molecule has 2 aromatic heterocycles. The molecule has 0 amide bonds. The Hall–Kier alpha value is -4.39. The van der Waals surface area contributed by atoms with Crippen molar-refractivity contribution in [1.29, 1.82) is 0 Å². The molecule has 0 spiro atoms. The summed E-state index contributed by atoms with van der Waals surface area (Å²) in [5.74, 6) is -0.646. The standard InChI is InChI=1S/C25H17FN4O2/c1-15(13-22(31)16-7-3-2-4-8-16)28-29-23-19-14-17(26)11-12-21(19)30-24(23)27-20-10-6-5-9-18(20)25(30)32/h2-14,27H,1H3/b15-13-,29-28?. The third kappa shape index (κ3) is 3.30. The van der Waals surface area contributed by atoms with Gasteiger partial charge in [-0.15, -0.1) is 5.11 Å². The lowest BCUT2D eigenvalue weighted by Gasteiger charge is -2.01. The van der Waals surface area contributed by atoms with Gasteiger partial charge in [-0.3, -0.25) is 14.0 Å². The van der Waals surface area contributed by atoms with Crippen molar-refractivity contribution in [2.24, 2.45) is 10.2 Å². The van der Waals surface area contributed by atoms with Gasteiger partial charge >= 0.3 is 0 Å². The van der Waals surface area contributed by atoms with Crippen molar-refractivity contribution in [2.75, 3.05) is 0 Å². The number of aromatic amines is 1. The minimum Gasteiger partial charge on any atom is -0.339 e. The molecule has 0 bridgehead atoms. The number of azo groups is 1. The second-order valence-corrected chi connectivity index (χ2v) is 7.39. The van der Waals surface area contributed by atoms with Gasteiger partial charge in [0, 0.05) is 17.0 Å². The van der Waals surface area contributed by atoms with Crippen LogP contribution in [0, 0.1) is 5.82 Å². The van der Waals surface area contributed by atoms with E-state index in [1.807, 2.05) is 12.1 Å². The summed E-state index contributed by atoms with van der Waals surface area (Å²) in [4.78, 5) is 28.8. The lowest BCUT2D eigenvalue weighted by molar-refractivity contribution is 0.104. The third-order valence-electron chi connectivity index (χ3n) is 5.22. The fraction of sp³-hybridized carbons (Fsp3) is 0.0400. The Kier molecular flexibility index (Phi) is 4.71. The molecule has 0 saturated carbocycles. The number of halogens is 1. The zero-order chi connectivity index (χ0) is 22.2. The first-order valence-corrected chi connectivity index (χ1v) is 9.97. The Bertz CT molecular complexity index is 1630. The van der Waals surface area contributed by atoms with E-state index in [2.05, 4.69) is 15.2 Å². The molecule has 0 fully saturated rings. The lowest BCUT2D eigenvalue weighted by atomic mass is 10.1. The minimum absolute atomic E-state index is 0.195. The van der Waals surface area contributed by atoms with E-state index >= 15 is 0 Å². The van der Waals surface area contributed by atoms with E-state index in [4.69, 9.17) is 0 Å². The predicted molar refractivity (Wildman–Crippen MR) is 122 cm³/mol. The first kappa shape index (κ1) is 19.6. The lowest BCUT2D eigenvalue weighted by Crippen LogP contribution is -2.13. The number of fused-ring (bicyclic) bond motifs is 4. The summed E-state index contributed by atoms with van der Waals surface area (Å²) in [6.07, 6.45) is 1.39. The number of hydrogen-bond donors (Lipinski definition) is 1. The van der Waals surface area contributed by atoms with Crippen LogP contribution >= 0.6 is 0 Å². The molecule has 6 nitrogen and oxygen atoms in total. The van der Waals surface area contributed by atoms with Gasteiger partial charge in [-0.1, -0.05) is 42.5 Å². The van der Waals surface area contributed by atoms with Gasteiger partial charge in [0.2, 0.25) is 0 Å². The number of hydrogen-bond acceptors (Lipinski definition) is 4. The number of H-pyrrole nitrogens is 1. The largest absolute Gasteiger partial charge is 0.339 e. The maximum atomic E-state index is 14.1. The summed E-state index contributed by atoms with van der Waals surface area (Å²) in [5.41, 5.74) is 2.56. The van der Waals surface area contributed by atoms with Crippen LogP contribution in [0.25, 0.3) is 27.5 Å². The van der Waals surface area contributed by atoms with Crippen LogP contribution in [0.3, 0.4) is 0 Å². The van der Waals surface area contributed by atoms with Crippen LogP contribution in [0.2, 0.25) is 0 Å². The summed E-state index contributed by atoms with van der Waals surface area (Å²) in [6.45, 7) is 1.66. The smallest absolute Gasteiger partial charge is 0.266 e. The van der Waals surface area contributed by atoms with Crippen molar-refractivity contribution in [2.45, 2.75) is 6.92 Å². The molecule has 5 rings (SSSR count). The maximum absolute atomic E-state index is 14.1. The second-order valence-electron chi connectivity index (χ2n) is 7.39. The SMILES string of the molecule is C/C(=C/C(=O)c1ccccc1)N=Nc1c2cc(F)ccc2n2c(=O)c3ccccc3[nH]c12. The number of carbonyl (C=O) groups is 1. The monoisotopic (exact) mass is 424 g/mol. The van der Waals surface area contributed by atoms with Crippen LogP contribution in [0.15, 0.2) is 99.6 Å². The molecular formula is C25H17FN4O2. The number of aromatic nitrogens is 2. The number of nitrogens with one attached hydrogen (secondary N) is 1. The topological polar surface area (TPSA) is 79.1 Å². The molecule has 156 valence electrons. The summed E-state index contributed by atoms with van der Waals surface area (Å²) >= 11 is 0. The summed E-state index contributed by atoms with van der Waals surface area (Å²) < 4.78 is 15.5. The van der Waals surface area contributed by atoms with Crippen LogP contribution in [0.5, 0.6) is 0 Å². The normalized spacial score (nSPS) is 12.4. The first-order valence-electron chi connectivity index (χ1n) is 9.97. The molecule has 0 aliphatic heterocycles. The molecule has 2 heterocycles. The van der Waals surface area contributed by atoms with Gasteiger partial charge in [0.05, 0.1) is 22.1 Å². The highest BCUT2D eigenvalue weighted by atomic mass is 19.1. The predicted octanol–water partition coefficient (Wildman–Crippen LogP) is 5.94. The molecule has 0 saturated heterocycles. The van der Waals surface area contributed by atoms with E-state index in [-0.39, 0.29) is 11.3 Å². The van der Waals surface area contributed by atoms with E-state index in [0.717, 1.165) is 0 Å². The number of benzene rings is 3. The number of rotatable bonds is 4. The average molecular weight is 424 g/mol. The van der Waals surface area contributed by atoms with E-state index < -0.39 is 5.82 Å². The number of ketones is 1. The van der Waals surface area contributed by atoms with Gasteiger partial charge < -0.3 is 4.98 Å². The maximum Gasteiger partial charge on any atom is 0.266 e. The minimum atomic E-state index is -0.451. The second kappa shape index (κ2) is 7.70. The molecular weight excluding hydrogens is 407 g/mol. The Morgan fingerprint density at radius 3 is 2.56 bits per heavy atom. The number of para-hydroxylation sites is 1. The average Bonchev–Trinajstić information content (AvgIpc) is 3.11. The number of nitrogens with zero attached hydrogens (tertiary/aromatic N) is 3. The first-order chi connectivity index (χ1) is 15.5. The molecule has 0 radical (unpaired) electrons. The van der Waals surface area contributed by atoms with E-state index in [9.17, 15) is 14.0 Å². The van der Waals surface area contributed by atoms with Crippen molar-refractivity contribution in [3.63, 3.8) is 0 Å². The molecule has 0 unspecified atom stereocenters. The van der Waals surface area contributed by atoms with E-state index in [0.29, 0.717) is 44.4 Å².